The van der Waals surface area contributed by atoms with Gasteiger partial charge in [-0.2, -0.15) is 0 Å². The molecule has 6 nitrogen and oxygen atoms in total. The number of aromatic nitrogens is 3. The quantitative estimate of drug-likeness (QED) is 0.281. The average Bonchev–Trinajstić information content (AvgIpc) is 3.44. The highest BCUT2D eigenvalue weighted by Gasteiger charge is 2.25. The fraction of sp³-hybridized carbons (Fsp3) is 0.0667. The third kappa shape index (κ3) is 3.26. The fourth-order valence-electron chi connectivity index (χ4n) is 5.05. The van der Waals surface area contributed by atoms with E-state index in [0.29, 0.717) is 0 Å². The summed E-state index contributed by atoms with van der Waals surface area (Å²) in [6.45, 7) is 0.742. The van der Waals surface area contributed by atoms with Gasteiger partial charge in [0.2, 0.25) is 0 Å². The van der Waals surface area contributed by atoms with Crippen LogP contribution in [0.25, 0.3) is 27.6 Å². The molecule has 3 aromatic heterocycles. The van der Waals surface area contributed by atoms with Crippen molar-refractivity contribution in [1.82, 2.24) is 14.5 Å². The maximum atomic E-state index is 6.39. The Morgan fingerprint density at radius 1 is 0.694 bits per heavy atom. The van der Waals surface area contributed by atoms with Crippen LogP contribution < -0.4 is 14.5 Å². The SMILES string of the molecule is CN1CN(c2cccc(Oc3ccc4c5ccccc5n(-c5ccccn5)c4c3)c2)c2ncccc21. The lowest BCUT2D eigenvalue weighted by Crippen LogP contribution is -2.24. The lowest BCUT2D eigenvalue weighted by Gasteiger charge is -2.19. The van der Waals surface area contributed by atoms with E-state index in [9.17, 15) is 0 Å². The van der Waals surface area contributed by atoms with Crippen LogP contribution in [-0.2, 0) is 0 Å². The summed E-state index contributed by atoms with van der Waals surface area (Å²) >= 11 is 0. The highest BCUT2D eigenvalue weighted by atomic mass is 16.5. The Balaban J connectivity index is 1.29. The number of anilines is 3. The van der Waals surface area contributed by atoms with Gasteiger partial charge in [0.1, 0.15) is 17.3 Å². The molecule has 0 atom stereocenters. The van der Waals surface area contributed by atoms with Gasteiger partial charge in [-0.3, -0.25) is 4.57 Å². The molecule has 0 saturated carbocycles. The van der Waals surface area contributed by atoms with Gasteiger partial charge in [-0.1, -0.05) is 30.3 Å². The lowest BCUT2D eigenvalue weighted by molar-refractivity contribution is 0.483. The van der Waals surface area contributed by atoms with Crippen LogP contribution in [0, 0.1) is 0 Å². The van der Waals surface area contributed by atoms with Crippen LogP contribution in [0.3, 0.4) is 0 Å². The summed E-state index contributed by atoms with van der Waals surface area (Å²) in [7, 11) is 2.08. The van der Waals surface area contributed by atoms with Crippen LogP contribution in [0.5, 0.6) is 11.5 Å². The Morgan fingerprint density at radius 3 is 2.44 bits per heavy atom. The minimum absolute atomic E-state index is 0.742. The predicted molar refractivity (Wildman–Crippen MR) is 145 cm³/mol. The van der Waals surface area contributed by atoms with Crippen molar-refractivity contribution >= 4 is 39.0 Å². The van der Waals surface area contributed by atoms with Crippen molar-refractivity contribution in [3.8, 4) is 17.3 Å². The number of ether oxygens (including phenoxy) is 1. The van der Waals surface area contributed by atoms with Crippen molar-refractivity contribution in [1.29, 1.82) is 0 Å². The number of pyridine rings is 2. The molecule has 1 aliphatic heterocycles. The number of benzene rings is 3. The largest absolute Gasteiger partial charge is 0.457 e. The van der Waals surface area contributed by atoms with Crippen molar-refractivity contribution in [2.24, 2.45) is 0 Å². The Labute approximate surface area is 208 Å². The van der Waals surface area contributed by atoms with Gasteiger partial charge in [-0.05, 0) is 54.6 Å². The van der Waals surface area contributed by atoms with Gasteiger partial charge in [0.25, 0.3) is 0 Å². The van der Waals surface area contributed by atoms with E-state index in [0.717, 1.165) is 52.2 Å². The van der Waals surface area contributed by atoms with Gasteiger partial charge >= 0.3 is 0 Å². The van der Waals surface area contributed by atoms with E-state index in [1.165, 1.54) is 10.8 Å². The van der Waals surface area contributed by atoms with Gasteiger partial charge in [0.05, 0.1) is 23.4 Å². The van der Waals surface area contributed by atoms with Crippen LogP contribution in [0.1, 0.15) is 0 Å². The molecule has 0 aliphatic carbocycles. The summed E-state index contributed by atoms with van der Waals surface area (Å²) in [6.07, 6.45) is 3.66. The molecule has 36 heavy (non-hydrogen) atoms. The molecule has 6 heteroatoms. The Bertz CT molecular complexity index is 1730. The first-order valence-electron chi connectivity index (χ1n) is 11.9. The molecule has 7 rings (SSSR count). The maximum absolute atomic E-state index is 6.39. The van der Waals surface area contributed by atoms with Crippen molar-refractivity contribution in [3.05, 3.63) is 109 Å². The van der Waals surface area contributed by atoms with E-state index in [2.05, 4.69) is 86.0 Å². The number of rotatable bonds is 4. The molecule has 0 radical (unpaired) electrons. The fourth-order valence-corrected chi connectivity index (χ4v) is 5.05. The van der Waals surface area contributed by atoms with Crippen LogP contribution in [0.4, 0.5) is 17.2 Å². The molecule has 3 aromatic carbocycles. The molecule has 0 bridgehead atoms. The summed E-state index contributed by atoms with van der Waals surface area (Å²) < 4.78 is 8.59. The Kier molecular flexibility index (Phi) is 4.64. The van der Waals surface area contributed by atoms with Gasteiger partial charge in [0, 0.05) is 48.0 Å². The summed E-state index contributed by atoms with van der Waals surface area (Å²) in [5.41, 5.74) is 4.34. The van der Waals surface area contributed by atoms with Crippen LogP contribution in [0.15, 0.2) is 109 Å². The van der Waals surface area contributed by atoms with E-state index >= 15 is 0 Å². The number of fused-ring (bicyclic) bond motifs is 4. The smallest absolute Gasteiger partial charge is 0.158 e. The zero-order chi connectivity index (χ0) is 24.1. The summed E-state index contributed by atoms with van der Waals surface area (Å²) in [4.78, 5) is 13.6. The Morgan fingerprint density at radius 2 is 1.53 bits per heavy atom. The summed E-state index contributed by atoms with van der Waals surface area (Å²) in [5, 5.41) is 2.36. The second kappa shape index (κ2) is 8.13. The second-order valence-corrected chi connectivity index (χ2v) is 8.93. The molecule has 1 aliphatic rings. The number of para-hydroxylation sites is 1. The van der Waals surface area contributed by atoms with E-state index < -0.39 is 0 Å². The predicted octanol–water partition coefficient (Wildman–Crippen LogP) is 6.91. The first-order valence-corrected chi connectivity index (χ1v) is 11.9. The molecule has 0 fully saturated rings. The molecule has 6 aromatic rings. The summed E-state index contributed by atoms with van der Waals surface area (Å²) in [6, 6.07) is 32.9. The van der Waals surface area contributed by atoms with Crippen LogP contribution in [-0.4, -0.2) is 28.3 Å². The molecule has 0 spiro atoms. The van der Waals surface area contributed by atoms with E-state index in [4.69, 9.17) is 4.74 Å². The lowest BCUT2D eigenvalue weighted by atomic mass is 10.1. The van der Waals surface area contributed by atoms with E-state index in [1.54, 1.807) is 0 Å². The van der Waals surface area contributed by atoms with Crippen molar-refractivity contribution in [3.63, 3.8) is 0 Å². The Hall–Kier alpha value is -4.84. The molecular formula is C30H23N5O. The first-order chi connectivity index (χ1) is 17.8. The zero-order valence-corrected chi connectivity index (χ0v) is 19.7. The van der Waals surface area contributed by atoms with Gasteiger partial charge in [0.15, 0.2) is 5.82 Å². The number of nitrogens with zero attached hydrogens (tertiary/aromatic N) is 5. The second-order valence-electron chi connectivity index (χ2n) is 8.93. The highest BCUT2D eigenvalue weighted by molar-refractivity contribution is 6.09. The minimum Gasteiger partial charge on any atom is -0.457 e. The average molecular weight is 470 g/mol. The number of hydrogen-bond donors (Lipinski definition) is 0. The normalized spacial score (nSPS) is 12.9. The molecule has 0 unspecified atom stereocenters. The topological polar surface area (TPSA) is 46.4 Å². The molecule has 174 valence electrons. The van der Waals surface area contributed by atoms with Crippen molar-refractivity contribution in [2.45, 2.75) is 0 Å². The van der Waals surface area contributed by atoms with Gasteiger partial charge in [-0.15, -0.1) is 0 Å². The molecule has 4 heterocycles. The minimum atomic E-state index is 0.742. The van der Waals surface area contributed by atoms with Crippen molar-refractivity contribution in [2.75, 3.05) is 23.5 Å². The third-order valence-corrected chi connectivity index (χ3v) is 6.68. The van der Waals surface area contributed by atoms with Gasteiger partial charge < -0.3 is 14.5 Å². The van der Waals surface area contributed by atoms with Crippen molar-refractivity contribution < 1.29 is 4.74 Å². The highest BCUT2D eigenvalue weighted by Crippen LogP contribution is 2.39. The van der Waals surface area contributed by atoms with Gasteiger partial charge in [-0.25, -0.2) is 9.97 Å². The standard InChI is InChI=1S/C30H23N5O/c1-33-20-34(30-27(33)12-7-17-32-30)21-8-6-9-22(18-21)36-23-14-15-25-24-10-2-3-11-26(24)35(28(25)19-23)29-13-4-5-16-31-29/h2-19H,20H2,1H3. The third-order valence-electron chi connectivity index (χ3n) is 6.68. The number of hydrogen-bond acceptors (Lipinski definition) is 5. The maximum Gasteiger partial charge on any atom is 0.158 e. The van der Waals surface area contributed by atoms with Crippen LogP contribution >= 0.6 is 0 Å². The van der Waals surface area contributed by atoms with Crippen LogP contribution in [0.2, 0.25) is 0 Å². The molecule has 0 amide bonds. The molecule has 0 N–H and O–H groups in total. The zero-order valence-electron chi connectivity index (χ0n) is 19.7. The summed E-state index contributed by atoms with van der Waals surface area (Å²) in [5.74, 6) is 3.39. The van der Waals surface area contributed by atoms with E-state index in [-0.39, 0.29) is 0 Å². The van der Waals surface area contributed by atoms with E-state index in [1.807, 2.05) is 54.9 Å². The monoisotopic (exact) mass is 469 g/mol. The molecular weight excluding hydrogens is 446 g/mol. The molecule has 0 saturated heterocycles. The first kappa shape index (κ1) is 20.5.